The normalized spacial score (nSPS) is 10.1. The summed E-state index contributed by atoms with van der Waals surface area (Å²) < 4.78 is 4.82. The third-order valence-electron chi connectivity index (χ3n) is 1.94. The minimum absolute atomic E-state index is 0.214. The minimum atomic E-state index is -0.214. The lowest BCUT2D eigenvalue weighted by atomic mass is 10.1. The first-order chi connectivity index (χ1) is 7.15. The van der Waals surface area contributed by atoms with Crippen LogP contribution in [-0.2, 0) is 16.0 Å². The third-order valence-corrected chi connectivity index (χ3v) is 2.79. The first-order valence-corrected chi connectivity index (χ1v) is 5.49. The molecular formula is C11H12Cl2O2. The highest BCUT2D eigenvalue weighted by Gasteiger charge is 2.07. The fourth-order valence-corrected chi connectivity index (χ4v) is 1.63. The van der Waals surface area contributed by atoms with Crippen molar-refractivity contribution in [2.75, 3.05) is 6.61 Å². The van der Waals surface area contributed by atoms with Crippen LogP contribution in [-0.4, -0.2) is 12.6 Å². The molecule has 0 aromatic heterocycles. The van der Waals surface area contributed by atoms with Gasteiger partial charge in [0.05, 0.1) is 16.7 Å². The molecule has 1 aromatic carbocycles. The van der Waals surface area contributed by atoms with E-state index in [1.54, 1.807) is 13.0 Å². The summed E-state index contributed by atoms with van der Waals surface area (Å²) in [6, 6.07) is 5.39. The Morgan fingerprint density at radius 3 is 2.80 bits per heavy atom. The summed E-state index contributed by atoms with van der Waals surface area (Å²) in [5, 5.41) is 1.03. The van der Waals surface area contributed by atoms with Gasteiger partial charge in [-0.05, 0) is 25.0 Å². The first kappa shape index (κ1) is 12.3. The van der Waals surface area contributed by atoms with E-state index in [0.717, 1.165) is 5.56 Å². The van der Waals surface area contributed by atoms with Crippen molar-refractivity contribution in [3.8, 4) is 0 Å². The van der Waals surface area contributed by atoms with Gasteiger partial charge in [0.15, 0.2) is 0 Å². The van der Waals surface area contributed by atoms with Gasteiger partial charge in [-0.25, -0.2) is 0 Å². The molecule has 0 aliphatic carbocycles. The van der Waals surface area contributed by atoms with Crippen molar-refractivity contribution in [2.24, 2.45) is 0 Å². The number of halogens is 2. The summed E-state index contributed by atoms with van der Waals surface area (Å²) in [4.78, 5) is 11.1. The molecule has 2 nitrogen and oxygen atoms in total. The van der Waals surface area contributed by atoms with Crippen LogP contribution in [0.15, 0.2) is 18.2 Å². The molecule has 0 fully saturated rings. The molecule has 0 saturated carbocycles. The molecule has 15 heavy (non-hydrogen) atoms. The van der Waals surface area contributed by atoms with Crippen molar-refractivity contribution in [1.82, 2.24) is 0 Å². The average molecular weight is 247 g/mol. The minimum Gasteiger partial charge on any atom is -0.466 e. The molecule has 0 unspecified atom stereocenters. The highest BCUT2D eigenvalue weighted by atomic mass is 35.5. The van der Waals surface area contributed by atoms with E-state index in [0.29, 0.717) is 29.5 Å². The van der Waals surface area contributed by atoms with Crippen molar-refractivity contribution in [3.05, 3.63) is 33.8 Å². The second-order valence-electron chi connectivity index (χ2n) is 3.02. The van der Waals surface area contributed by atoms with Gasteiger partial charge in [-0.15, -0.1) is 0 Å². The molecule has 0 N–H and O–H groups in total. The van der Waals surface area contributed by atoms with Gasteiger partial charge in [-0.1, -0.05) is 35.3 Å². The van der Waals surface area contributed by atoms with Crippen molar-refractivity contribution < 1.29 is 9.53 Å². The van der Waals surface area contributed by atoms with Crippen molar-refractivity contribution in [1.29, 1.82) is 0 Å². The Bertz CT molecular complexity index is 350. The van der Waals surface area contributed by atoms with Crippen LogP contribution >= 0.6 is 23.2 Å². The summed E-state index contributed by atoms with van der Waals surface area (Å²) in [7, 11) is 0. The van der Waals surface area contributed by atoms with Crippen LogP contribution in [0, 0.1) is 0 Å². The largest absolute Gasteiger partial charge is 0.466 e. The van der Waals surface area contributed by atoms with Gasteiger partial charge in [-0.2, -0.15) is 0 Å². The molecule has 1 rings (SSSR count). The van der Waals surface area contributed by atoms with Crippen LogP contribution in [0.3, 0.4) is 0 Å². The molecular weight excluding hydrogens is 235 g/mol. The molecule has 0 amide bonds. The highest BCUT2D eigenvalue weighted by molar-refractivity contribution is 6.42. The van der Waals surface area contributed by atoms with Crippen molar-refractivity contribution in [2.45, 2.75) is 19.8 Å². The topological polar surface area (TPSA) is 26.3 Å². The molecule has 0 saturated heterocycles. The summed E-state index contributed by atoms with van der Waals surface area (Å²) in [5.74, 6) is -0.214. The maximum absolute atomic E-state index is 11.1. The molecule has 0 aliphatic heterocycles. The zero-order chi connectivity index (χ0) is 11.3. The van der Waals surface area contributed by atoms with Crippen LogP contribution < -0.4 is 0 Å². The molecule has 0 atom stereocenters. The summed E-state index contributed by atoms with van der Waals surface area (Å²) >= 11 is 11.8. The number of carbonyl (C=O) groups excluding carboxylic acids is 1. The van der Waals surface area contributed by atoms with Gasteiger partial charge < -0.3 is 4.74 Å². The summed E-state index contributed by atoms with van der Waals surface area (Å²) in [6.07, 6.45) is 0.881. The summed E-state index contributed by atoms with van der Waals surface area (Å²) in [5.41, 5.74) is 0.872. The van der Waals surface area contributed by atoms with E-state index in [1.807, 2.05) is 12.1 Å². The molecule has 1 aromatic rings. The SMILES string of the molecule is CCOC(=O)CCc1cccc(Cl)c1Cl. The Morgan fingerprint density at radius 1 is 1.40 bits per heavy atom. The molecule has 0 radical (unpaired) electrons. The quantitative estimate of drug-likeness (QED) is 0.761. The van der Waals surface area contributed by atoms with Gasteiger partial charge >= 0.3 is 5.97 Å². The second-order valence-corrected chi connectivity index (χ2v) is 3.80. The van der Waals surface area contributed by atoms with Crippen LogP contribution in [0.25, 0.3) is 0 Å². The van der Waals surface area contributed by atoms with Crippen LogP contribution in [0.2, 0.25) is 10.0 Å². The van der Waals surface area contributed by atoms with Crippen LogP contribution in [0.1, 0.15) is 18.9 Å². The first-order valence-electron chi connectivity index (χ1n) is 4.73. The lowest BCUT2D eigenvalue weighted by Crippen LogP contribution is -2.05. The predicted molar refractivity (Wildman–Crippen MR) is 61.4 cm³/mol. The molecule has 82 valence electrons. The Morgan fingerprint density at radius 2 is 2.13 bits per heavy atom. The number of hydrogen-bond donors (Lipinski definition) is 0. The second kappa shape index (κ2) is 5.99. The van der Waals surface area contributed by atoms with Gasteiger partial charge in [0, 0.05) is 6.42 Å². The number of hydrogen-bond acceptors (Lipinski definition) is 2. The van der Waals surface area contributed by atoms with Gasteiger partial charge in [0.25, 0.3) is 0 Å². The van der Waals surface area contributed by atoms with Crippen LogP contribution in [0.4, 0.5) is 0 Å². The zero-order valence-electron chi connectivity index (χ0n) is 8.43. The fourth-order valence-electron chi connectivity index (χ4n) is 1.21. The van der Waals surface area contributed by atoms with E-state index in [-0.39, 0.29) is 5.97 Å². The number of benzene rings is 1. The number of ether oxygens (including phenoxy) is 1. The Labute approximate surface area is 99.1 Å². The van der Waals surface area contributed by atoms with Gasteiger partial charge in [0.1, 0.15) is 0 Å². The molecule has 0 heterocycles. The van der Waals surface area contributed by atoms with Crippen molar-refractivity contribution >= 4 is 29.2 Å². The average Bonchev–Trinajstić information content (AvgIpc) is 2.21. The third kappa shape index (κ3) is 3.73. The van der Waals surface area contributed by atoms with Crippen LogP contribution in [0.5, 0.6) is 0 Å². The monoisotopic (exact) mass is 246 g/mol. The van der Waals surface area contributed by atoms with E-state index in [1.165, 1.54) is 0 Å². The lowest BCUT2D eigenvalue weighted by Gasteiger charge is -2.05. The Kier molecular flexibility index (Phi) is 4.92. The maximum Gasteiger partial charge on any atom is 0.306 e. The maximum atomic E-state index is 11.1. The van der Waals surface area contributed by atoms with E-state index < -0.39 is 0 Å². The molecule has 0 spiro atoms. The van der Waals surface area contributed by atoms with Gasteiger partial charge in [-0.3, -0.25) is 4.79 Å². The Balaban J connectivity index is 2.58. The Hall–Kier alpha value is -0.730. The molecule has 4 heteroatoms. The standard InChI is InChI=1S/C11H12Cl2O2/c1-2-15-10(14)7-6-8-4-3-5-9(12)11(8)13/h3-5H,2,6-7H2,1H3. The van der Waals surface area contributed by atoms with E-state index in [2.05, 4.69) is 0 Å². The van der Waals surface area contributed by atoms with E-state index >= 15 is 0 Å². The number of aryl methyl sites for hydroxylation is 1. The van der Waals surface area contributed by atoms with E-state index in [4.69, 9.17) is 27.9 Å². The summed E-state index contributed by atoms with van der Waals surface area (Å²) in [6.45, 7) is 2.19. The molecule has 0 aliphatic rings. The van der Waals surface area contributed by atoms with E-state index in [9.17, 15) is 4.79 Å². The zero-order valence-corrected chi connectivity index (χ0v) is 9.94. The lowest BCUT2D eigenvalue weighted by molar-refractivity contribution is -0.143. The predicted octanol–water partition coefficient (Wildman–Crippen LogP) is 3.49. The fraction of sp³-hybridized carbons (Fsp3) is 0.364. The highest BCUT2D eigenvalue weighted by Crippen LogP contribution is 2.26. The van der Waals surface area contributed by atoms with Crippen molar-refractivity contribution in [3.63, 3.8) is 0 Å². The smallest absolute Gasteiger partial charge is 0.306 e. The number of rotatable bonds is 4. The van der Waals surface area contributed by atoms with Gasteiger partial charge in [0.2, 0.25) is 0 Å². The number of esters is 1. The number of carbonyl (C=O) groups is 1. The molecule has 0 bridgehead atoms.